The van der Waals surface area contributed by atoms with Gasteiger partial charge in [0.2, 0.25) is 0 Å². The van der Waals surface area contributed by atoms with Gasteiger partial charge in [-0.1, -0.05) is 28.1 Å². The van der Waals surface area contributed by atoms with Crippen molar-refractivity contribution in [1.82, 2.24) is 5.32 Å². The molecular formula is C13H14BrNO. The fourth-order valence-electron chi connectivity index (χ4n) is 1.56. The minimum Gasteiger partial charge on any atom is -0.468 e. The smallest absolute Gasteiger partial charge is 0.117 e. The summed E-state index contributed by atoms with van der Waals surface area (Å²) in [6.07, 6.45) is 1.70. The highest BCUT2D eigenvalue weighted by molar-refractivity contribution is 9.10. The largest absolute Gasteiger partial charge is 0.468 e. The van der Waals surface area contributed by atoms with Gasteiger partial charge in [-0.2, -0.15) is 0 Å². The van der Waals surface area contributed by atoms with E-state index in [0.717, 1.165) is 23.3 Å². The Labute approximate surface area is 104 Å². The number of hydrogen-bond acceptors (Lipinski definition) is 2. The molecule has 0 aliphatic heterocycles. The van der Waals surface area contributed by atoms with Gasteiger partial charge >= 0.3 is 0 Å². The van der Waals surface area contributed by atoms with Crippen molar-refractivity contribution in [2.45, 2.75) is 20.0 Å². The summed E-state index contributed by atoms with van der Waals surface area (Å²) in [5.74, 6) is 0.967. The molecule has 1 heterocycles. The van der Waals surface area contributed by atoms with Crippen molar-refractivity contribution >= 4 is 15.9 Å². The molecule has 0 aliphatic carbocycles. The summed E-state index contributed by atoms with van der Waals surface area (Å²) in [7, 11) is 0. The molecule has 3 heteroatoms. The number of aryl methyl sites for hydroxylation is 1. The van der Waals surface area contributed by atoms with Gasteiger partial charge in [-0.3, -0.25) is 0 Å². The minimum absolute atomic E-state index is 0.766. The predicted octanol–water partition coefficient (Wildman–Crippen LogP) is 3.64. The van der Waals surface area contributed by atoms with Crippen molar-refractivity contribution in [2.75, 3.05) is 0 Å². The fraction of sp³-hybridized carbons (Fsp3) is 0.231. The Morgan fingerprint density at radius 3 is 2.81 bits per heavy atom. The molecule has 0 saturated heterocycles. The summed E-state index contributed by atoms with van der Waals surface area (Å²) >= 11 is 3.49. The Bertz CT molecular complexity index is 451. The zero-order chi connectivity index (χ0) is 11.4. The summed E-state index contributed by atoms with van der Waals surface area (Å²) in [5.41, 5.74) is 2.55. The highest BCUT2D eigenvalue weighted by atomic mass is 79.9. The molecule has 0 amide bonds. The van der Waals surface area contributed by atoms with Crippen LogP contribution in [0.1, 0.15) is 16.9 Å². The summed E-state index contributed by atoms with van der Waals surface area (Å²) in [4.78, 5) is 0. The topological polar surface area (TPSA) is 25.2 Å². The second kappa shape index (κ2) is 5.32. The van der Waals surface area contributed by atoms with Crippen molar-refractivity contribution < 1.29 is 4.42 Å². The van der Waals surface area contributed by atoms with E-state index in [4.69, 9.17) is 4.42 Å². The zero-order valence-electron chi connectivity index (χ0n) is 9.16. The van der Waals surface area contributed by atoms with E-state index in [0.29, 0.717) is 0 Å². The average Bonchev–Trinajstić information content (AvgIpc) is 2.76. The lowest BCUT2D eigenvalue weighted by molar-refractivity contribution is 0.483. The van der Waals surface area contributed by atoms with Gasteiger partial charge in [0.1, 0.15) is 5.76 Å². The van der Waals surface area contributed by atoms with Crippen LogP contribution in [0.3, 0.4) is 0 Å². The van der Waals surface area contributed by atoms with Crippen molar-refractivity contribution in [2.24, 2.45) is 0 Å². The third kappa shape index (κ3) is 2.97. The van der Waals surface area contributed by atoms with Crippen LogP contribution < -0.4 is 5.32 Å². The van der Waals surface area contributed by atoms with Crippen molar-refractivity contribution in [1.29, 1.82) is 0 Å². The van der Waals surface area contributed by atoms with Gasteiger partial charge in [-0.25, -0.2) is 0 Å². The van der Waals surface area contributed by atoms with Gasteiger partial charge in [-0.05, 0) is 36.2 Å². The third-order valence-electron chi connectivity index (χ3n) is 2.43. The first-order valence-corrected chi connectivity index (χ1v) is 6.03. The first-order valence-electron chi connectivity index (χ1n) is 5.24. The molecule has 2 rings (SSSR count). The van der Waals surface area contributed by atoms with Crippen LogP contribution in [-0.4, -0.2) is 0 Å². The van der Waals surface area contributed by atoms with E-state index < -0.39 is 0 Å². The van der Waals surface area contributed by atoms with Gasteiger partial charge in [-0.15, -0.1) is 0 Å². The molecule has 16 heavy (non-hydrogen) atoms. The Morgan fingerprint density at radius 2 is 2.12 bits per heavy atom. The van der Waals surface area contributed by atoms with Gasteiger partial charge in [0.25, 0.3) is 0 Å². The van der Waals surface area contributed by atoms with Gasteiger partial charge in [0, 0.05) is 11.0 Å². The number of halogens is 1. The van der Waals surface area contributed by atoms with Crippen LogP contribution in [0.5, 0.6) is 0 Å². The lowest BCUT2D eigenvalue weighted by atomic mass is 10.1. The maximum Gasteiger partial charge on any atom is 0.117 e. The fourth-order valence-corrected chi connectivity index (χ4v) is 1.81. The summed E-state index contributed by atoms with van der Waals surface area (Å²) in [6.45, 7) is 3.72. The standard InChI is InChI=1S/C13H14BrNO/c1-10-7-11(4-5-13(10)14)8-15-9-12-3-2-6-16-12/h2-7,15H,8-9H2,1H3. The van der Waals surface area contributed by atoms with E-state index in [1.54, 1.807) is 6.26 Å². The third-order valence-corrected chi connectivity index (χ3v) is 3.32. The molecule has 0 bridgehead atoms. The molecule has 0 spiro atoms. The highest BCUT2D eigenvalue weighted by Crippen LogP contribution is 2.16. The molecule has 1 aromatic carbocycles. The first-order chi connectivity index (χ1) is 7.75. The van der Waals surface area contributed by atoms with Crippen LogP contribution in [-0.2, 0) is 13.1 Å². The molecule has 0 atom stereocenters. The molecule has 0 radical (unpaired) electrons. The van der Waals surface area contributed by atoms with E-state index >= 15 is 0 Å². The number of nitrogens with one attached hydrogen (secondary N) is 1. The monoisotopic (exact) mass is 279 g/mol. The Morgan fingerprint density at radius 1 is 1.25 bits per heavy atom. The van der Waals surface area contributed by atoms with Crippen LogP contribution in [0.2, 0.25) is 0 Å². The van der Waals surface area contributed by atoms with Gasteiger partial charge in [0.05, 0.1) is 12.8 Å². The molecule has 84 valence electrons. The van der Waals surface area contributed by atoms with Crippen LogP contribution in [0.4, 0.5) is 0 Å². The van der Waals surface area contributed by atoms with Gasteiger partial charge in [0.15, 0.2) is 0 Å². The quantitative estimate of drug-likeness (QED) is 0.925. The lowest BCUT2D eigenvalue weighted by Gasteiger charge is -2.05. The Balaban J connectivity index is 1.87. The summed E-state index contributed by atoms with van der Waals surface area (Å²) < 4.78 is 6.40. The molecule has 1 N–H and O–H groups in total. The normalized spacial score (nSPS) is 10.6. The maximum absolute atomic E-state index is 5.24. The maximum atomic E-state index is 5.24. The molecule has 0 fully saturated rings. The van der Waals surface area contributed by atoms with E-state index in [1.807, 2.05) is 12.1 Å². The number of rotatable bonds is 4. The van der Waals surface area contributed by atoms with Crippen LogP contribution in [0.15, 0.2) is 45.5 Å². The van der Waals surface area contributed by atoms with E-state index in [1.165, 1.54) is 11.1 Å². The first kappa shape index (κ1) is 11.4. The molecule has 2 aromatic rings. The van der Waals surface area contributed by atoms with Crippen LogP contribution >= 0.6 is 15.9 Å². The van der Waals surface area contributed by atoms with Crippen molar-refractivity contribution in [3.05, 3.63) is 58.0 Å². The van der Waals surface area contributed by atoms with Crippen LogP contribution in [0, 0.1) is 6.92 Å². The number of furan rings is 1. The van der Waals surface area contributed by atoms with Crippen LogP contribution in [0.25, 0.3) is 0 Å². The zero-order valence-corrected chi connectivity index (χ0v) is 10.8. The SMILES string of the molecule is Cc1cc(CNCc2ccco2)ccc1Br. The molecule has 1 aromatic heterocycles. The Hall–Kier alpha value is -1.06. The van der Waals surface area contributed by atoms with Crippen molar-refractivity contribution in [3.8, 4) is 0 Å². The van der Waals surface area contributed by atoms with Crippen molar-refractivity contribution in [3.63, 3.8) is 0 Å². The van der Waals surface area contributed by atoms with E-state index in [9.17, 15) is 0 Å². The average molecular weight is 280 g/mol. The molecule has 0 aliphatic rings. The molecule has 0 unspecified atom stereocenters. The number of benzene rings is 1. The highest BCUT2D eigenvalue weighted by Gasteiger charge is 1.98. The second-order valence-corrected chi connectivity index (χ2v) is 4.62. The van der Waals surface area contributed by atoms with E-state index in [-0.39, 0.29) is 0 Å². The molecule has 0 saturated carbocycles. The predicted molar refractivity (Wildman–Crippen MR) is 68.1 cm³/mol. The molecular weight excluding hydrogens is 266 g/mol. The summed E-state index contributed by atoms with van der Waals surface area (Å²) in [6, 6.07) is 10.3. The summed E-state index contributed by atoms with van der Waals surface area (Å²) in [5, 5.41) is 3.34. The second-order valence-electron chi connectivity index (χ2n) is 3.77. The van der Waals surface area contributed by atoms with E-state index in [2.05, 4.69) is 46.4 Å². The molecule has 2 nitrogen and oxygen atoms in total. The number of hydrogen-bond donors (Lipinski definition) is 1. The minimum atomic E-state index is 0.766. The Kier molecular flexibility index (Phi) is 3.80. The lowest BCUT2D eigenvalue weighted by Crippen LogP contribution is -2.12. The van der Waals surface area contributed by atoms with Gasteiger partial charge < -0.3 is 9.73 Å².